The smallest absolute Gasteiger partial charge is 0.162 e. The second-order valence-electron chi connectivity index (χ2n) is 5.79. The number of hydrogen-bond donors (Lipinski definition) is 0. The van der Waals surface area contributed by atoms with Crippen LogP contribution in [0.1, 0.15) is 51.9 Å². The minimum Gasteiger partial charge on any atom is -0.162 e. The molecule has 0 bridgehead atoms. The molecule has 23 heavy (non-hydrogen) atoms. The van der Waals surface area contributed by atoms with Gasteiger partial charge in [-0.3, -0.25) is 0 Å². The van der Waals surface area contributed by atoms with Gasteiger partial charge in [0.2, 0.25) is 0 Å². The maximum Gasteiger partial charge on any atom is 0.493 e. The van der Waals surface area contributed by atoms with E-state index in [1.165, 1.54) is 24.3 Å². The van der Waals surface area contributed by atoms with Crippen molar-refractivity contribution in [3.05, 3.63) is 30.3 Å². The van der Waals surface area contributed by atoms with Crippen molar-refractivity contribution in [3.8, 4) is 0 Å². The van der Waals surface area contributed by atoms with Crippen molar-refractivity contribution in [1.82, 2.24) is 0 Å². The normalized spacial score (nSPS) is 14.0. The fraction of sp³-hybridized carbons (Fsp3) is 0.647. The maximum absolute atomic E-state index is 13.9. The van der Waals surface area contributed by atoms with Crippen LogP contribution in [0.15, 0.2) is 30.3 Å². The van der Waals surface area contributed by atoms with Crippen LogP contribution in [0.4, 0.5) is 22.0 Å². The third-order valence-electron chi connectivity index (χ3n) is 3.89. The second kappa shape index (κ2) is 9.56. The molecule has 0 aromatic heterocycles. The number of benzene rings is 1. The molecule has 0 fully saturated rings. The Kier molecular flexibility index (Phi) is 8.46. The van der Waals surface area contributed by atoms with Gasteiger partial charge in [0.15, 0.2) is 0 Å². The van der Waals surface area contributed by atoms with Gasteiger partial charge in [-0.1, -0.05) is 57.2 Å². The lowest BCUT2D eigenvalue weighted by atomic mass is 10.1. The monoisotopic (exact) mass is 355 g/mol. The molecule has 1 rings (SSSR count). The van der Waals surface area contributed by atoms with Crippen molar-refractivity contribution in [2.45, 2.75) is 63.7 Å². The molecule has 0 N–H and O–H groups in total. The van der Waals surface area contributed by atoms with Gasteiger partial charge in [-0.05, 0) is 25.0 Å². The van der Waals surface area contributed by atoms with Gasteiger partial charge in [0.1, 0.15) is 7.92 Å². The highest BCUT2D eigenvalue weighted by Gasteiger charge is 2.68. The fourth-order valence-electron chi connectivity index (χ4n) is 2.55. The van der Waals surface area contributed by atoms with E-state index < -0.39 is 19.8 Å². The zero-order chi connectivity index (χ0) is 17.3. The summed E-state index contributed by atoms with van der Waals surface area (Å²) < 4.78 is 66.0. The molecule has 0 saturated heterocycles. The molecule has 0 radical (unpaired) electrons. The zero-order valence-corrected chi connectivity index (χ0v) is 14.4. The summed E-state index contributed by atoms with van der Waals surface area (Å²) in [4.78, 5) is 0. The average Bonchev–Trinajstić information content (AvgIpc) is 2.49. The van der Waals surface area contributed by atoms with E-state index in [0.29, 0.717) is 6.42 Å². The molecule has 1 aromatic carbocycles. The summed E-state index contributed by atoms with van der Waals surface area (Å²) in [6.45, 7) is 2.10. The van der Waals surface area contributed by atoms with Crippen molar-refractivity contribution in [3.63, 3.8) is 0 Å². The highest BCUT2D eigenvalue weighted by atomic mass is 31.1. The highest BCUT2D eigenvalue weighted by molar-refractivity contribution is 7.66. The first kappa shape index (κ1) is 20.3. The van der Waals surface area contributed by atoms with Gasteiger partial charge >= 0.3 is 11.8 Å². The molecule has 0 aliphatic rings. The minimum absolute atomic E-state index is 0.0467. The van der Waals surface area contributed by atoms with Crippen LogP contribution in [-0.2, 0) is 0 Å². The van der Waals surface area contributed by atoms with Crippen LogP contribution in [0.25, 0.3) is 0 Å². The molecule has 0 nitrogen and oxygen atoms in total. The Morgan fingerprint density at radius 1 is 0.783 bits per heavy atom. The lowest BCUT2D eigenvalue weighted by Gasteiger charge is -2.22. The first-order valence-corrected chi connectivity index (χ1v) is 9.87. The van der Waals surface area contributed by atoms with E-state index in [1.807, 2.05) is 0 Å². The summed E-state index contributed by atoms with van der Waals surface area (Å²) in [6.07, 6.45) is 0.932. The molecule has 0 spiro atoms. The summed E-state index contributed by atoms with van der Waals surface area (Å²) in [5.74, 6) is 0. The zero-order valence-electron chi connectivity index (χ0n) is 13.4. The van der Waals surface area contributed by atoms with E-state index in [1.54, 1.807) is 6.07 Å². The van der Waals surface area contributed by atoms with E-state index in [2.05, 4.69) is 6.92 Å². The minimum atomic E-state index is -5.47. The van der Waals surface area contributed by atoms with Crippen LogP contribution >= 0.6 is 7.92 Å². The number of hydrogen-bond acceptors (Lipinski definition) is 0. The summed E-state index contributed by atoms with van der Waals surface area (Å²) in [5.41, 5.74) is -4.60. The molecule has 6 heteroatoms. The van der Waals surface area contributed by atoms with Crippen molar-refractivity contribution in [2.24, 2.45) is 0 Å². The number of alkyl halides is 5. The Balaban J connectivity index is 2.64. The Labute approximate surface area is 136 Å². The molecule has 1 atom stereocenters. The second-order valence-corrected chi connectivity index (χ2v) is 8.45. The lowest BCUT2D eigenvalue weighted by molar-refractivity contribution is -0.240. The van der Waals surface area contributed by atoms with Crippen LogP contribution in [0.3, 0.4) is 0 Å². The van der Waals surface area contributed by atoms with Gasteiger partial charge in [0.25, 0.3) is 0 Å². The first-order chi connectivity index (χ1) is 10.8. The maximum atomic E-state index is 13.9. The van der Waals surface area contributed by atoms with Gasteiger partial charge in [0.05, 0.1) is 11.5 Å². The van der Waals surface area contributed by atoms with E-state index in [9.17, 15) is 22.0 Å². The van der Waals surface area contributed by atoms with Crippen molar-refractivity contribution in [2.75, 3.05) is 6.16 Å². The Bertz CT molecular complexity index is 430. The predicted molar refractivity (Wildman–Crippen MR) is 88.3 cm³/mol. The summed E-state index contributed by atoms with van der Waals surface area (Å²) in [6, 6.07) is 7.47. The van der Waals surface area contributed by atoms with E-state index in [0.717, 1.165) is 38.5 Å². The molecule has 0 heterocycles. The van der Waals surface area contributed by atoms with Crippen molar-refractivity contribution in [1.29, 1.82) is 0 Å². The summed E-state index contributed by atoms with van der Waals surface area (Å²) in [5, 5.41) is 0.158. The van der Waals surface area contributed by atoms with Crippen LogP contribution < -0.4 is 5.30 Å². The number of halogens is 5. The predicted octanol–water partition coefficient (Wildman–Crippen LogP) is 6.43. The Morgan fingerprint density at radius 2 is 1.30 bits per heavy atom. The van der Waals surface area contributed by atoms with E-state index in [4.69, 9.17) is 0 Å². The van der Waals surface area contributed by atoms with Crippen LogP contribution in [0.2, 0.25) is 0 Å². The number of unbranched alkanes of at least 4 members (excludes halogenated alkanes) is 6. The lowest BCUT2D eigenvalue weighted by Crippen LogP contribution is -2.38. The highest BCUT2D eigenvalue weighted by Crippen LogP contribution is 2.59. The quantitative estimate of drug-likeness (QED) is 0.258. The SMILES string of the molecule is CCCCCCCCC[PH+](c1ccccc1)C(F)(F)C(F)(F)F. The number of rotatable bonds is 10. The van der Waals surface area contributed by atoms with Crippen LogP contribution in [0, 0.1) is 0 Å². The van der Waals surface area contributed by atoms with Gasteiger partial charge in [-0.25, -0.2) is 0 Å². The standard InChI is InChI=1S/C17H24F5P/c1-2-3-4-5-6-7-11-14-23(15-12-9-8-10-13-15)17(21,22)16(18,19)20/h8-10,12-13H,2-7,11,14H2,1H3/p+1. The fourth-order valence-corrected chi connectivity index (χ4v) is 5.06. The molecule has 0 aliphatic carbocycles. The summed E-state index contributed by atoms with van der Waals surface area (Å²) >= 11 is 0. The molecule has 0 amide bonds. The molecule has 1 aromatic rings. The average molecular weight is 355 g/mol. The molecule has 132 valence electrons. The molecular weight excluding hydrogens is 330 g/mol. The van der Waals surface area contributed by atoms with Crippen molar-refractivity contribution < 1.29 is 22.0 Å². The molecule has 0 aliphatic heterocycles. The van der Waals surface area contributed by atoms with Crippen molar-refractivity contribution >= 4 is 13.2 Å². The van der Waals surface area contributed by atoms with Gasteiger partial charge in [0, 0.05) is 0 Å². The third kappa shape index (κ3) is 6.37. The Morgan fingerprint density at radius 3 is 1.83 bits per heavy atom. The third-order valence-corrected chi connectivity index (χ3v) is 6.81. The molecular formula is C17H25F5P+. The largest absolute Gasteiger partial charge is 0.493 e. The van der Waals surface area contributed by atoms with Gasteiger partial charge in [-0.15, -0.1) is 0 Å². The molecule has 0 saturated carbocycles. The van der Waals surface area contributed by atoms with Crippen LogP contribution in [0.5, 0.6) is 0 Å². The van der Waals surface area contributed by atoms with Gasteiger partial charge in [-0.2, -0.15) is 22.0 Å². The first-order valence-electron chi connectivity index (χ1n) is 8.17. The van der Waals surface area contributed by atoms with E-state index in [-0.39, 0.29) is 11.5 Å². The van der Waals surface area contributed by atoms with Crippen LogP contribution in [-0.4, -0.2) is 18.0 Å². The topological polar surface area (TPSA) is 0 Å². The Hall–Kier alpha value is -0.700. The van der Waals surface area contributed by atoms with E-state index >= 15 is 0 Å². The molecule has 1 unspecified atom stereocenters. The summed E-state index contributed by atoms with van der Waals surface area (Å²) in [7, 11) is -3.01. The van der Waals surface area contributed by atoms with Gasteiger partial charge < -0.3 is 0 Å².